The fourth-order valence-electron chi connectivity index (χ4n) is 4.33. The number of para-hydroxylation sites is 1. The lowest BCUT2D eigenvalue weighted by Crippen LogP contribution is -2.36. The largest absolute Gasteiger partial charge is 0.348 e. The third-order valence-corrected chi connectivity index (χ3v) is 8.46. The van der Waals surface area contributed by atoms with Crippen molar-refractivity contribution in [2.45, 2.75) is 56.0 Å². The number of aryl methyl sites for hydroxylation is 1. The number of amides is 1. The van der Waals surface area contributed by atoms with Gasteiger partial charge in [-0.1, -0.05) is 73.0 Å². The topological polar surface area (TPSA) is 72.7 Å². The number of nitrogens with zero attached hydrogens (tertiary/aromatic N) is 4. The number of rotatable bonds is 7. The number of hydrogen-bond donors (Lipinski definition) is 1. The number of hydrogen-bond acceptors (Lipinski definition) is 6. The van der Waals surface area contributed by atoms with Crippen LogP contribution in [0.1, 0.15) is 53.2 Å². The molecule has 2 aromatic heterocycles. The number of carbonyl (C=O) groups is 1. The van der Waals surface area contributed by atoms with Gasteiger partial charge in [-0.2, -0.15) is 0 Å². The molecule has 9 heteroatoms. The van der Waals surface area contributed by atoms with Crippen LogP contribution in [0.15, 0.2) is 59.1 Å². The number of carbonyl (C=O) groups excluding carboxylic acids is 1. The standard InChI is InChI=1S/C26H26ClN5OS2/c1-17-9-5-8-14-22(17)32-24(19-12-6-7-13-20(19)27)30-31-26(32)35-16-23-29-21(15-34-23)25(33)28-18-10-3-2-4-11-18/h5-9,12-15,18H,2-4,10-11,16H2,1H3,(H,28,33). The maximum atomic E-state index is 12.7. The normalized spacial score (nSPS) is 14.2. The van der Waals surface area contributed by atoms with E-state index in [2.05, 4.69) is 39.6 Å². The molecule has 1 saturated carbocycles. The van der Waals surface area contributed by atoms with Crippen molar-refractivity contribution in [1.82, 2.24) is 25.1 Å². The lowest BCUT2D eigenvalue weighted by molar-refractivity contribution is 0.0923. The Labute approximate surface area is 218 Å². The Morgan fingerprint density at radius 2 is 1.89 bits per heavy atom. The number of halogens is 1. The predicted octanol–water partition coefficient (Wildman–Crippen LogP) is 6.71. The Morgan fingerprint density at radius 3 is 2.69 bits per heavy atom. The molecule has 1 amide bonds. The fraction of sp³-hybridized carbons (Fsp3) is 0.308. The quantitative estimate of drug-likeness (QED) is 0.273. The predicted molar refractivity (Wildman–Crippen MR) is 143 cm³/mol. The summed E-state index contributed by atoms with van der Waals surface area (Å²) in [4.78, 5) is 17.3. The van der Waals surface area contributed by atoms with E-state index in [0.29, 0.717) is 22.3 Å². The third kappa shape index (κ3) is 5.44. The number of benzene rings is 2. The summed E-state index contributed by atoms with van der Waals surface area (Å²) < 4.78 is 2.05. The first-order chi connectivity index (χ1) is 17.1. The van der Waals surface area contributed by atoms with Crippen molar-refractivity contribution < 1.29 is 4.79 Å². The van der Waals surface area contributed by atoms with E-state index in [9.17, 15) is 4.79 Å². The summed E-state index contributed by atoms with van der Waals surface area (Å²) in [6.45, 7) is 2.07. The van der Waals surface area contributed by atoms with Gasteiger partial charge in [0.25, 0.3) is 5.91 Å². The summed E-state index contributed by atoms with van der Waals surface area (Å²) in [5.74, 6) is 1.21. The van der Waals surface area contributed by atoms with Crippen molar-refractivity contribution in [2.75, 3.05) is 0 Å². The van der Waals surface area contributed by atoms with Gasteiger partial charge < -0.3 is 5.32 Å². The van der Waals surface area contributed by atoms with Crippen LogP contribution in [-0.4, -0.2) is 31.7 Å². The van der Waals surface area contributed by atoms with Crippen molar-refractivity contribution in [2.24, 2.45) is 0 Å². The second-order valence-electron chi connectivity index (χ2n) is 8.63. The molecule has 6 nitrogen and oxygen atoms in total. The van der Waals surface area contributed by atoms with E-state index in [1.165, 1.54) is 30.6 Å². The summed E-state index contributed by atoms with van der Waals surface area (Å²) >= 11 is 9.55. The van der Waals surface area contributed by atoms with Crippen LogP contribution in [0, 0.1) is 6.92 Å². The molecule has 5 rings (SSSR count). The molecular weight excluding hydrogens is 498 g/mol. The molecule has 2 aromatic carbocycles. The zero-order valence-electron chi connectivity index (χ0n) is 19.4. The first-order valence-corrected chi connectivity index (χ1v) is 14.0. The van der Waals surface area contributed by atoms with Crippen molar-refractivity contribution in [3.8, 4) is 17.1 Å². The van der Waals surface area contributed by atoms with Gasteiger partial charge in [-0.25, -0.2) is 4.98 Å². The summed E-state index contributed by atoms with van der Waals surface area (Å²) in [6, 6.07) is 16.1. The molecular formula is C26H26ClN5OS2. The lowest BCUT2D eigenvalue weighted by Gasteiger charge is -2.22. The molecule has 0 atom stereocenters. The Morgan fingerprint density at radius 1 is 1.11 bits per heavy atom. The van der Waals surface area contributed by atoms with E-state index >= 15 is 0 Å². The van der Waals surface area contributed by atoms with Crippen LogP contribution < -0.4 is 5.32 Å². The first-order valence-electron chi connectivity index (χ1n) is 11.7. The SMILES string of the molecule is Cc1ccccc1-n1c(SCc2nc(C(=O)NC3CCCCC3)cs2)nnc1-c1ccccc1Cl. The molecule has 0 bridgehead atoms. The van der Waals surface area contributed by atoms with E-state index in [4.69, 9.17) is 11.6 Å². The smallest absolute Gasteiger partial charge is 0.270 e. The highest BCUT2D eigenvalue weighted by atomic mass is 35.5. The summed E-state index contributed by atoms with van der Waals surface area (Å²) in [7, 11) is 0. The molecule has 1 aliphatic carbocycles. The lowest BCUT2D eigenvalue weighted by atomic mass is 9.95. The molecule has 0 radical (unpaired) electrons. The minimum Gasteiger partial charge on any atom is -0.348 e. The van der Waals surface area contributed by atoms with Gasteiger partial charge in [0.2, 0.25) is 0 Å². The first kappa shape index (κ1) is 24.0. The van der Waals surface area contributed by atoms with Gasteiger partial charge >= 0.3 is 0 Å². The third-order valence-electron chi connectivity index (χ3n) is 6.15. The highest BCUT2D eigenvalue weighted by molar-refractivity contribution is 7.98. The second-order valence-corrected chi connectivity index (χ2v) is 10.9. The molecule has 0 unspecified atom stereocenters. The molecule has 35 heavy (non-hydrogen) atoms. The van der Waals surface area contributed by atoms with E-state index in [-0.39, 0.29) is 11.9 Å². The van der Waals surface area contributed by atoms with Crippen molar-refractivity contribution >= 4 is 40.6 Å². The molecule has 0 saturated heterocycles. The highest BCUT2D eigenvalue weighted by Crippen LogP contribution is 2.34. The highest BCUT2D eigenvalue weighted by Gasteiger charge is 2.21. The van der Waals surface area contributed by atoms with E-state index in [1.807, 2.05) is 46.3 Å². The van der Waals surface area contributed by atoms with Crippen molar-refractivity contribution in [3.05, 3.63) is 75.2 Å². The average molecular weight is 524 g/mol. The van der Waals surface area contributed by atoms with Gasteiger partial charge in [0.05, 0.1) is 16.5 Å². The summed E-state index contributed by atoms with van der Waals surface area (Å²) in [5, 5.41) is 16.2. The van der Waals surface area contributed by atoms with Gasteiger partial charge in [-0.15, -0.1) is 21.5 Å². The van der Waals surface area contributed by atoms with Gasteiger partial charge in [0, 0.05) is 17.0 Å². The van der Waals surface area contributed by atoms with Crippen LogP contribution >= 0.6 is 34.7 Å². The van der Waals surface area contributed by atoms with Crippen molar-refractivity contribution in [1.29, 1.82) is 0 Å². The molecule has 1 aliphatic rings. The number of thioether (sulfide) groups is 1. The molecule has 1 N–H and O–H groups in total. The van der Waals surface area contributed by atoms with Crippen LogP contribution in [0.5, 0.6) is 0 Å². The van der Waals surface area contributed by atoms with Gasteiger partial charge in [-0.3, -0.25) is 9.36 Å². The maximum Gasteiger partial charge on any atom is 0.270 e. The summed E-state index contributed by atoms with van der Waals surface area (Å²) in [5.41, 5.74) is 3.43. The molecule has 2 heterocycles. The number of aromatic nitrogens is 4. The fourth-order valence-corrected chi connectivity index (χ4v) is 6.28. The van der Waals surface area contributed by atoms with Gasteiger partial charge in [0.1, 0.15) is 10.7 Å². The van der Waals surface area contributed by atoms with E-state index < -0.39 is 0 Å². The maximum absolute atomic E-state index is 12.7. The Bertz CT molecular complexity index is 1330. The summed E-state index contributed by atoms with van der Waals surface area (Å²) in [6.07, 6.45) is 5.74. The van der Waals surface area contributed by atoms with Crippen LogP contribution in [0.2, 0.25) is 5.02 Å². The average Bonchev–Trinajstić information content (AvgIpc) is 3.51. The molecule has 1 fully saturated rings. The van der Waals surface area contributed by atoms with Gasteiger partial charge in [-0.05, 0) is 43.5 Å². The van der Waals surface area contributed by atoms with E-state index in [0.717, 1.165) is 39.8 Å². The zero-order valence-corrected chi connectivity index (χ0v) is 21.8. The van der Waals surface area contributed by atoms with Crippen LogP contribution in [0.3, 0.4) is 0 Å². The molecule has 4 aromatic rings. The van der Waals surface area contributed by atoms with Crippen LogP contribution in [0.4, 0.5) is 0 Å². The minimum absolute atomic E-state index is 0.0755. The minimum atomic E-state index is -0.0755. The van der Waals surface area contributed by atoms with Crippen LogP contribution in [-0.2, 0) is 5.75 Å². The second kappa shape index (κ2) is 10.9. The molecule has 0 aliphatic heterocycles. The molecule has 0 spiro atoms. The van der Waals surface area contributed by atoms with Crippen molar-refractivity contribution in [3.63, 3.8) is 0 Å². The van der Waals surface area contributed by atoms with Crippen LogP contribution in [0.25, 0.3) is 17.1 Å². The Hall–Kier alpha value is -2.68. The Kier molecular flexibility index (Phi) is 7.51. The monoisotopic (exact) mass is 523 g/mol. The van der Waals surface area contributed by atoms with E-state index in [1.54, 1.807) is 11.8 Å². The zero-order chi connectivity index (χ0) is 24.2. The van der Waals surface area contributed by atoms with Gasteiger partial charge in [0.15, 0.2) is 11.0 Å². The number of thiazole rings is 1. The Balaban J connectivity index is 1.37. The number of nitrogens with one attached hydrogen (secondary N) is 1. The molecule has 180 valence electrons.